The molecule has 0 spiro atoms. The van der Waals surface area contributed by atoms with Gasteiger partial charge in [0.15, 0.2) is 0 Å². The van der Waals surface area contributed by atoms with E-state index in [0.29, 0.717) is 0 Å². The molecule has 0 aromatic heterocycles. The van der Waals surface area contributed by atoms with Crippen molar-refractivity contribution in [2.24, 2.45) is 5.73 Å². The molecule has 112 valence electrons. The highest BCUT2D eigenvalue weighted by Gasteiger charge is 2.30. The zero-order chi connectivity index (χ0) is 14.3. The molecule has 3 heteroatoms. The van der Waals surface area contributed by atoms with E-state index in [1.54, 1.807) is 0 Å². The van der Waals surface area contributed by atoms with Gasteiger partial charge in [0.05, 0.1) is 0 Å². The molecule has 0 saturated carbocycles. The van der Waals surface area contributed by atoms with Gasteiger partial charge in [0.25, 0.3) is 0 Å². The summed E-state index contributed by atoms with van der Waals surface area (Å²) in [5.74, 6) is 0. The summed E-state index contributed by atoms with van der Waals surface area (Å²) in [6.45, 7) is 7.54. The van der Waals surface area contributed by atoms with E-state index in [-0.39, 0.29) is 5.54 Å². The van der Waals surface area contributed by atoms with Crippen LogP contribution < -0.4 is 11.1 Å². The Labute approximate surface area is 123 Å². The Hall–Kier alpha value is -0.900. The number of nitrogens with one attached hydrogen (secondary N) is 1. The van der Waals surface area contributed by atoms with E-state index in [2.05, 4.69) is 47.5 Å². The first-order valence-electron chi connectivity index (χ1n) is 7.99. The van der Waals surface area contributed by atoms with Crippen molar-refractivity contribution < 1.29 is 0 Å². The third kappa shape index (κ3) is 4.30. The average molecular weight is 275 g/mol. The van der Waals surface area contributed by atoms with Crippen LogP contribution in [0.2, 0.25) is 0 Å². The van der Waals surface area contributed by atoms with Crippen molar-refractivity contribution in [3.8, 4) is 0 Å². The van der Waals surface area contributed by atoms with Gasteiger partial charge in [-0.05, 0) is 50.9 Å². The Morgan fingerprint density at radius 3 is 2.70 bits per heavy atom. The molecule has 3 N–H and O–H groups in total. The van der Waals surface area contributed by atoms with Crippen LogP contribution in [-0.4, -0.2) is 36.6 Å². The summed E-state index contributed by atoms with van der Waals surface area (Å²) in [5.41, 5.74) is 7.58. The number of nitrogens with zero attached hydrogens (tertiary/aromatic N) is 1. The van der Waals surface area contributed by atoms with Crippen molar-refractivity contribution in [2.75, 3.05) is 26.2 Å². The number of rotatable bonds is 6. The topological polar surface area (TPSA) is 41.3 Å². The maximum Gasteiger partial charge on any atom is 0.0319 e. The third-order valence-electron chi connectivity index (χ3n) is 4.48. The van der Waals surface area contributed by atoms with E-state index in [9.17, 15) is 0 Å². The maximum atomic E-state index is 6.11. The lowest BCUT2D eigenvalue weighted by molar-refractivity contribution is 0.257. The van der Waals surface area contributed by atoms with Crippen LogP contribution >= 0.6 is 0 Å². The Morgan fingerprint density at radius 2 is 2.00 bits per heavy atom. The molecule has 1 aliphatic heterocycles. The van der Waals surface area contributed by atoms with Gasteiger partial charge in [0.2, 0.25) is 0 Å². The van der Waals surface area contributed by atoms with Crippen LogP contribution in [0.5, 0.6) is 0 Å². The molecule has 0 bridgehead atoms. The minimum Gasteiger partial charge on any atom is -0.329 e. The third-order valence-corrected chi connectivity index (χ3v) is 4.48. The lowest BCUT2D eigenvalue weighted by Crippen LogP contribution is -2.51. The molecular weight excluding hydrogens is 246 g/mol. The Morgan fingerprint density at radius 1 is 1.20 bits per heavy atom. The molecule has 1 heterocycles. The number of likely N-dealkylation sites (tertiary alicyclic amines) is 1. The first-order chi connectivity index (χ1) is 9.78. The van der Waals surface area contributed by atoms with E-state index >= 15 is 0 Å². The second-order valence-corrected chi connectivity index (χ2v) is 6.02. The summed E-state index contributed by atoms with van der Waals surface area (Å²) in [4.78, 5) is 2.58. The lowest BCUT2D eigenvalue weighted by atomic mass is 9.90. The van der Waals surface area contributed by atoms with E-state index in [4.69, 9.17) is 5.73 Å². The van der Waals surface area contributed by atoms with E-state index in [1.165, 1.54) is 44.5 Å². The molecule has 1 atom stereocenters. The zero-order valence-corrected chi connectivity index (χ0v) is 12.8. The molecular formula is C17H29N3. The maximum absolute atomic E-state index is 6.11. The fourth-order valence-corrected chi connectivity index (χ4v) is 3.13. The number of nitrogens with two attached hydrogens (primary N) is 1. The van der Waals surface area contributed by atoms with Gasteiger partial charge in [-0.3, -0.25) is 0 Å². The molecule has 1 unspecified atom stereocenters. The standard InChI is InChI=1S/C17H29N3/c1-2-11-20-12-6-9-17(15-18,10-13-20)19-14-16-7-4-3-5-8-16/h3-5,7-8,19H,2,6,9-15,18H2,1H3. The SMILES string of the molecule is CCCN1CCCC(CN)(NCc2ccccc2)CC1. The predicted octanol–water partition coefficient (Wildman–Crippen LogP) is 2.37. The Balaban J connectivity index is 1.92. The van der Waals surface area contributed by atoms with E-state index in [1.807, 2.05) is 0 Å². The van der Waals surface area contributed by atoms with Gasteiger partial charge in [-0.25, -0.2) is 0 Å². The van der Waals surface area contributed by atoms with Crippen LogP contribution in [0.1, 0.15) is 38.2 Å². The molecule has 1 fully saturated rings. The molecule has 1 aliphatic rings. The minimum absolute atomic E-state index is 0.123. The first-order valence-corrected chi connectivity index (χ1v) is 7.99. The van der Waals surface area contributed by atoms with Crippen molar-refractivity contribution in [2.45, 2.75) is 44.7 Å². The highest BCUT2D eigenvalue weighted by molar-refractivity contribution is 5.15. The number of hydrogen-bond donors (Lipinski definition) is 2. The molecule has 0 aliphatic carbocycles. The predicted molar refractivity (Wildman–Crippen MR) is 85.6 cm³/mol. The fourth-order valence-electron chi connectivity index (χ4n) is 3.13. The summed E-state index contributed by atoms with van der Waals surface area (Å²) in [6, 6.07) is 10.6. The highest BCUT2D eigenvalue weighted by Crippen LogP contribution is 2.22. The van der Waals surface area contributed by atoms with Crippen molar-refractivity contribution in [1.82, 2.24) is 10.2 Å². The van der Waals surface area contributed by atoms with Crippen molar-refractivity contribution in [3.05, 3.63) is 35.9 Å². The lowest BCUT2D eigenvalue weighted by Gasteiger charge is -2.33. The Kier molecular flexibility index (Phi) is 6.02. The number of benzene rings is 1. The molecule has 3 nitrogen and oxygen atoms in total. The van der Waals surface area contributed by atoms with Crippen LogP contribution in [0.15, 0.2) is 30.3 Å². The molecule has 20 heavy (non-hydrogen) atoms. The number of hydrogen-bond acceptors (Lipinski definition) is 3. The van der Waals surface area contributed by atoms with Gasteiger partial charge in [-0.2, -0.15) is 0 Å². The molecule has 0 amide bonds. The largest absolute Gasteiger partial charge is 0.329 e. The molecule has 1 aromatic carbocycles. The van der Waals surface area contributed by atoms with Crippen LogP contribution in [0, 0.1) is 0 Å². The monoisotopic (exact) mass is 275 g/mol. The van der Waals surface area contributed by atoms with Gasteiger partial charge < -0.3 is 16.0 Å². The second kappa shape index (κ2) is 7.77. The summed E-state index contributed by atoms with van der Waals surface area (Å²) in [7, 11) is 0. The average Bonchev–Trinajstić information content (AvgIpc) is 2.70. The Bertz CT molecular complexity index is 379. The van der Waals surface area contributed by atoms with Crippen LogP contribution in [-0.2, 0) is 6.54 Å². The highest BCUT2D eigenvalue weighted by atomic mass is 15.1. The molecule has 1 saturated heterocycles. The van der Waals surface area contributed by atoms with Gasteiger partial charge in [0.1, 0.15) is 0 Å². The van der Waals surface area contributed by atoms with E-state index in [0.717, 1.165) is 19.5 Å². The summed E-state index contributed by atoms with van der Waals surface area (Å²) < 4.78 is 0. The summed E-state index contributed by atoms with van der Waals surface area (Å²) in [5, 5.41) is 3.75. The van der Waals surface area contributed by atoms with Crippen molar-refractivity contribution in [1.29, 1.82) is 0 Å². The van der Waals surface area contributed by atoms with Gasteiger partial charge >= 0.3 is 0 Å². The molecule has 0 radical (unpaired) electrons. The smallest absolute Gasteiger partial charge is 0.0319 e. The van der Waals surface area contributed by atoms with Crippen LogP contribution in [0.4, 0.5) is 0 Å². The fraction of sp³-hybridized carbons (Fsp3) is 0.647. The normalized spacial score (nSPS) is 24.5. The zero-order valence-electron chi connectivity index (χ0n) is 12.8. The van der Waals surface area contributed by atoms with Crippen LogP contribution in [0.3, 0.4) is 0 Å². The second-order valence-electron chi connectivity index (χ2n) is 6.02. The first kappa shape index (κ1) is 15.5. The van der Waals surface area contributed by atoms with Gasteiger partial charge in [-0.1, -0.05) is 37.3 Å². The van der Waals surface area contributed by atoms with Gasteiger partial charge in [0, 0.05) is 18.6 Å². The van der Waals surface area contributed by atoms with E-state index < -0.39 is 0 Å². The van der Waals surface area contributed by atoms with Crippen LogP contribution in [0.25, 0.3) is 0 Å². The summed E-state index contributed by atoms with van der Waals surface area (Å²) >= 11 is 0. The van der Waals surface area contributed by atoms with Gasteiger partial charge in [-0.15, -0.1) is 0 Å². The van der Waals surface area contributed by atoms with Crippen molar-refractivity contribution in [3.63, 3.8) is 0 Å². The molecule has 1 aromatic rings. The van der Waals surface area contributed by atoms with Crippen molar-refractivity contribution >= 4 is 0 Å². The summed E-state index contributed by atoms with van der Waals surface area (Å²) in [6.07, 6.45) is 4.85. The minimum atomic E-state index is 0.123. The molecule has 2 rings (SSSR count). The quantitative estimate of drug-likeness (QED) is 0.837.